The summed E-state index contributed by atoms with van der Waals surface area (Å²) in [5.74, 6) is 0.680. The molecular weight excluding hydrogens is 318 g/mol. The number of carbonyl (C=O) groups is 1. The van der Waals surface area contributed by atoms with E-state index in [0.29, 0.717) is 43.3 Å². The summed E-state index contributed by atoms with van der Waals surface area (Å²) in [4.78, 5) is 29.9. The maximum atomic E-state index is 12.9. The number of nitrogens with zero attached hydrogens (tertiary/aromatic N) is 7. The van der Waals surface area contributed by atoms with Gasteiger partial charge in [-0.1, -0.05) is 0 Å². The van der Waals surface area contributed by atoms with Crippen LogP contribution in [0.4, 0.5) is 5.95 Å². The van der Waals surface area contributed by atoms with Crippen LogP contribution < -0.4 is 4.90 Å². The molecule has 1 aliphatic heterocycles. The molecule has 3 aromatic rings. The maximum absolute atomic E-state index is 12.9. The van der Waals surface area contributed by atoms with Crippen LogP contribution in [0.1, 0.15) is 21.7 Å². The molecule has 0 spiro atoms. The molecule has 0 atom stereocenters. The van der Waals surface area contributed by atoms with E-state index in [9.17, 15) is 4.79 Å². The third-order valence-electron chi connectivity index (χ3n) is 4.41. The molecule has 0 saturated carbocycles. The highest BCUT2D eigenvalue weighted by Crippen LogP contribution is 2.16. The molecule has 4 rings (SSSR count). The van der Waals surface area contributed by atoms with E-state index in [2.05, 4.69) is 25.0 Å². The summed E-state index contributed by atoms with van der Waals surface area (Å²) in [5, 5.41) is 4.31. The van der Waals surface area contributed by atoms with Gasteiger partial charge in [-0.15, -0.1) is 0 Å². The van der Waals surface area contributed by atoms with E-state index in [1.807, 2.05) is 24.8 Å². The van der Waals surface area contributed by atoms with Crippen LogP contribution >= 0.6 is 0 Å². The molecule has 0 radical (unpaired) electrons. The molecule has 8 nitrogen and oxygen atoms in total. The van der Waals surface area contributed by atoms with E-state index in [1.54, 1.807) is 29.2 Å². The Kier molecular flexibility index (Phi) is 3.79. The van der Waals surface area contributed by atoms with Crippen LogP contribution in [-0.2, 0) is 0 Å². The molecule has 25 heavy (non-hydrogen) atoms. The second-order valence-corrected chi connectivity index (χ2v) is 6.16. The lowest BCUT2D eigenvalue weighted by molar-refractivity contribution is 0.0748. The van der Waals surface area contributed by atoms with Crippen LogP contribution in [0.5, 0.6) is 0 Å². The van der Waals surface area contributed by atoms with Gasteiger partial charge in [0.1, 0.15) is 5.56 Å². The number of carbonyl (C=O) groups excluding carboxylic acids is 1. The van der Waals surface area contributed by atoms with E-state index in [0.717, 1.165) is 11.4 Å². The van der Waals surface area contributed by atoms with E-state index in [4.69, 9.17) is 0 Å². The first-order chi connectivity index (χ1) is 12.1. The van der Waals surface area contributed by atoms with Gasteiger partial charge in [0.05, 0.1) is 6.20 Å². The highest BCUT2D eigenvalue weighted by atomic mass is 16.2. The quantitative estimate of drug-likeness (QED) is 0.697. The predicted molar refractivity (Wildman–Crippen MR) is 92.6 cm³/mol. The van der Waals surface area contributed by atoms with Crippen molar-refractivity contribution in [2.45, 2.75) is 13.8 Å². The van der Waals surface area contributed by atoms with Crippen LogP contribution in [0.15, 0.2) is 30.7 Å². The number of rotatable bonds is 2. The van der Waals surface area contributed by atoms with Gasteiger partial charge >= 0.3 is 0 Å². The van der Waals surface area contributed by atoms with Crippen molar-refractivity contribution >= 4 is 17.5 Å². The predicted octanol–water partition coefficient (Wildman–Crippen LogP) is 1.10. The number of aryl methyl sites for hydroxylation is 2. The van der Waals surface area contributed by atoms with E-state index in [-0.39, 0.29) is 5.91 Å². The van der Waals surface area contributed by atoms with Crippen molar-refractivity contribution in [1.29, 1.82) is 0 Å². The molecule has 1 saturated heterocycles. The number of fused-ring (bicyclic) bond motifs is 1. The molecule has 1 fully saturated rings. The number of anilines is 1. The van der Waals surface area contributed by atoms with Gasteiger partial charge in [0.25, 0.3) is 5.91 Å². The SMILES string of the molecule is Cc1cc(C)n2ncc(C(=O)N3CCN(c4ncccn4)CC3)c2n1. The molecule has 0 aromatic carbocycles. The Balaban J connectivity index is 1.53. The first kappa shape index (κ1) is 15.5. The normalized spacial score (nSPS) is 15.0. The topological polar surface area (TPSA) is 79.5 Å². The number of aromatic nitrogens is 5. The van der Waals surface area contributed by atoms with Crippen LogP contribution in [-0.4, -0.2) is 61.6 Å². The van der Waals surface area contributed by atoms with Crippen molar-refractivity contribution in [2.75, 3.05) is 31.1 Å². The van der Waals surface area contributed by atoms with Crippen molar-refractivity contribution in [3.8, 4) is 0 Å². The van der Waals surface area contributed by atoms with E-state index in [1.165, 1.54) is 0 Å². The van der Waals surface area contributed by atoms with Crippen LogP contribution in [0.25, 0.3) is 5.65 Å². The first-order valence-corrected chi connectivity index (χ1v) is 8.27. The molecule has 0 unspecified atom stereocenters. The molecule has 0 aliphatic carbocycles. The largest absolute Gasteiger partial charge is 0.337 e. The lowest BCUT2D eigenvalue weighted by Crippen LogP contribution is -2.49. The summed E-state index contributed by atoms with van der Waals surface area (Å²) in [6, 6.07) is 3.75. The lowest BCUT2D eigenvalue weighted by atomic mass is 10.2. The molecule has 1 aliphatic rings. The monoisotopic (exact) mass is 337 g/mol. The standard InChI is InChI=1S/C17H19N7O/c1-12-10-13(2)24-15(21-12)14(11-20-24)16(25)22-6-8-23(9-7-22)17-18-4-3-5-19-17/h3-5,10-11H,6-9H2,1-2H3. The molecule has 4 heterocycles. The van der Waals surface area contributed by atoms with Crippen LogP contribution in [0.2, 0.25) is 0 Å². The zero-order valence-electron chi connectivity index (χ0n) is 14.3. The zero-order chi connectivity index (χ0) is 17.4. The molecule has 0 bridgehead atoms. The van der Waals surface area contributed by atoms with E-state index < -0.39 is 0 Å². The van der Waals surface area contributed by atoms with Crippen LogP contribution in [0.3, 0.4) is 0 Å². The summed E-state index contributed by atoms with van der Waals surface area (Å²) >= 11 is 0. The fraction of sp³-hybridized carbons (Fsp3) is 0.353. The lowest BCUT2D eigenvalue weighted by Gasteiger charge is -2.34. The second kappa shape index (κ2) is 6.12. The van der Waals surface area contributed by atoms with Gasteiger partial charge in [-0.25, -0.2) is 19.5 Å². The summed E-state index contributed by atoms with van der Waals surface area (Å²) in [7, 11) is 0. The minimum absolute atomic E-state index is 0.0267. The Morgan fingerprint density at radius 3 is 2.52 bits per heavy atom. The van der Waals surface area contributed by atoms with Gasteiger partial charge in [0.2, 0.25) is 5.95 Å². The number of hydrogen-bond donors (Lipinski definition) is 0. The van der Waals surface area contributed by atoms with Crippen molar-refractivity contribution in [1.82, 2.24) is 29.5 Å². The molecule has 8 heteroatoms. The van der Waals surface area contributed by atoms with Crippen LogP contribution in [0, 0.1) is 13.8 Å². The van der Waals surface area contributed by atoms with Gasteiger partial charge in [-0.05, 0) is 26.0 Å². The summed E-state index contributed by atoms with van der Waals surface area (Å²) in [5.41, 5.74) is 3.02. The molecule has 128 valence electrons. The Morgan fingerprint density at radius 2 is 1.80 bits per heavy atom. The number of piperazine rings is 1. The van der Waals surface area contributed by atoms with Crippen molar-refractivity contribution in [2.24, 2.45) is 0 Å². The Labute approximate surface area is 145 Å². The first-order valence-electron chi connectivity index (χ1n) is 8.27. The molecule has 0 N–H and O–H groups in total. The number of hydrogen-bond acceptors (Lipinski definition) is 6. The zero-order valence-corrected chi connectivity index (χ0v) is 14.3. The fourth-order valence-corrected chi connectivity index (χ4v) is 3.16. The van der Waals surface area contributed by atoms with Gasteiger partial charge in [-0.3, -0.25) is 4.79 Å². The molecular formula is C17H19N7O. The third-order valence-corrected chi connectivity index (χ3v) is 4.41. The fourth-order valence-electron chi connectivity index (χ4n) is 3.16. The summed E-state index contributed by atoms with van der Waals surface area (Å²) < 4.78 is 1.72. The van der Waals surface area contributed by atoms with Gasteiger partial charge < -0.3 is 9.80 Å². The highest BCUT2D eigenvalue weighted by molar-refractivity contribution is 5.99. The van der Waals surface area contributed by atoms with Gasteiger partial charge in [-0.2, -0.15) is 5.10 Å². The van der Waals surface area contributed by atoms with Crippen molar-refractivity contribution < 1.29 is 4.79 Å². The number of amides is 1. The minimum atomic E-state index is -0.0267. The smallest absolute Gasteiger partial charge is 0.259 e. The Bertz CT molecular complexity index is 913. The van der Waals surface area contributed by atoms with Gasteiger partial charge in [0, 0.05) is 50.0 Å². The minimum Gasteiger partial charge on any atom is -0.337 e. The van der Waals surface area contributed by atoms with Crippen molar-refractivity contribution in [3.05, 3.63) is 47.7 Å². The van der Waals surface area contributed by atoms with E-state index >= 15 is 0 Å². The average molecular weight is 337 g/mol. The second-order valence-electron chi connectivity index (χ2n) is 6.16. The average Bonchev–Trinajstić information content (AvgIpc) is 3.06. The molecule has 1 amide bonds. The maximum Gasteiger partial charge on any atom is 0.259 e. The molecule has 3 aromatic heterocycles. The van der Waals surface area contributed by atoms with Gasteiger partial charge in [0.15, 0.2) is 5.65 Å². The summed E-state index contributed by atoms with van der Waals surface area (Å²) in [6.45, 7) is 6.55. The third kappa shape index (κ3) is 2.79. The Hall–Kier alpha value is -3.03. The van der Waals surface area contributed by atoms with Crippen molar-refractivity contribution in [3.63, 3.8) is 0 Å². The Morgan fingerprint density at radius 1 is 1.08 bits per heavy atom. The summed E-state index contributed by atoms with van der Waals surface area (Å²) in [6.07, 6.45) is 5.08. The highest BCUT2D eigenvalue weighted by Gasteiger charge is 2.26.